The summed E-state index contributed by atoms with van der Waals surface area (Å²) in [4.78, 5) is 31.0. The van der Waals surface area contributed by atoms with Gasteiger partial charge in [0.25, 0.3) is 0 Å². The molecule has 1 N–H and O–H groups in total. The Morgan fingerprint density at radius 3 is 2.65 bits per heavy atom. The predicted octanol–water partition coefficient (Wildman–Crippen LogP) is 4.14. The van der Waals surface area contributed by atoms with Gasteiger partial charge in [0.15, 0.2) is 0 Å². The van der Waals surface area contributed by atoms with E-state index in [0.29, 0.717) is 13.2 Å². The lowest BCUT2D eigenvalue weighted by molar-refractivity contribution is -0.135. The Morgan fingerprint density at radius 2 is 1.97 bits per heavy atom. The average molecular weight is 442 g/mol. The first-order chi connectivity index (χ1) is 14.9. The summed E-state index contributed by atoms with van der Waals surface area (Å²) in [6.45, 7) is 7.09. The number of ether oxygens (including phenoxy) is 1. The molecule has 1 fully saturated rings. The number of hydrogen-bond acceptors (Lipinski definition) is 4. The number of hydrogen-bond donors (Lipinski definition) is 1. The van der Waals surface area contributed by atoms with Crippen LogP contribution in [0.25, 0.3) is 0 Å². The molecule has 2 heterocycles. The Balaban J connectivity index is 1.48. The van der Waals surface area contributed by atoms with Crippen LogP contribution in [-0.2, 0) is 11.2 Å². The number of nitrogens with one attached hydrogen (secondary N) is 1. The third-order valence-corrected chi connectivity index (χ3v) is 6.81. The van der Waals surface area contributed by atoms with Crippen LogP contribution in [0.1, 0.15) is 48.7 Å². The molecule has 166 valence electrons. The molecule has 7 heteroatoms. The van der Waals surface area contributed by atoms with E-state index in [1.165, 1.54) is 16.0 Å². The van der Waals surface area contributed by atoms with Gasteiger partial charge in [-0.15, -0.1) is 11.3 Å². The molecule has 0 radical (unpaired) electrons. The summed E-state index contributed by atoms with van der Waals surface area (Å²) < 4.78 is 6.09. The monoisotopic (exact) mass is 441 g/mol. The van der Waals surface area contributed by atoms with Crippen LogP contribution in [0.15, 0.2) is 35.7 Å². The zero-order valence-electron chi connectivity index (χ0n) is 18.5. The van der Waals surface area contributed by atoms with Gasteiger partial charge in [-0.3, -0.25) is 4.79 Å². The molecule has 1 aromatic carbocycles. The molecule has 1 unspecified atom stereocenters. The number of aryl methyl sites for hydroxylation is 1. The molecular formula is C24H31N3O3S. The molecule has 4 rings (SSSR count). The van der Waals surface area contributed by atoms with Crippen LogP contribution in [0.2, 0.25) is 0 Å². The van der Waals surface area contributed by atoms with Crippen LogP contribution >= 0.6 is 11.3 Å². The second kappa shape index (κ2) is 9.30. The summed E-state index contributed by atoms with van der Waals surface area (Å²) in [6.07, 6.45) is 2.78. The van der Waals surface area contributed by atoms with Gasteiger partial charge in [-0.1, -0.05) is 17.7 Å². The second-order valence-electron chi connectivity index (χ2n) is 8.74. The van der Waals surface area contributed by atoms with Gasteiger partial charge in [-0.2, -0.15) is 0 Å². The number of fused-ring (bicyclic) bond motifs is 1. The summed E-state index contributed by atoms with van der Waals surface area (Å²) in [5.74, 6) is 0.788. The highest BCUT2D eigenvalue weighted by molar-refractivity contribution is 7.10. The van der Waals surface area contributed by atoms with Crippen molar-refractivity contribution in [3.8, 4) is 5.75 Å². The fraction of sp³-hybridized carbons (Fsp3) is 0.500. The highest BCUT2D eigenvalue weighted by Crippen LogP contribution is 2.34. The van der Waals surface area contributed by atoms with E-state index < -0.39 is 0 Å². The fourth-order valence-corrected chi connectivity index (χ4v) is 4.93. The Hall–Kier alpha value is -2.54. The van der Waals surface area contributed by atoms with Crippen LogP contribution in [-0.4, -0.2) is 53.5 Å². The van der Waals surface area contributed by atoms with Crippen molar-refractivity contribution in [3.05, 3.63) is 51.7 Å². The van der Waals surface area contributed by atoms with Crippen molar-refractivity contribution in [2.45, 2.75) is 58.2 Å². The number of nitrogens with zero attached hydrogens (tertiary/aromatic N) is 2. The Morgan fingerprint density at radius 1 is 1.23 bits per heavy atom. The van der Waals surface area contributed by atoms with Crippen molar-refractivity contribution in [1.29, 1.82) is 0 Å². The quantitative estimate of drug-likeness (QED) is 0.702. The van der Waals surface area contributed by atoms with Gasteiger partial charge in [0, 0.05) is 23.5 Å². The SMILES string of the molecule is Cc1ccc(OCC2c3ccsc3CCN2C(=O)CN(C(=O)NC(C)C)C2CC2)cc1. The van der Waals surface area contributed by atoms with Crippen molar-refractivity contribution in [3.63, 3.8) is 0 Å². The van der Waals surface area contributed by atoms with E-state index in [-0.39, 0.29) is 36.6 Å². The van der Waals surface area contributed by atoms with E-state index in [4.69, 9.17) is 4.74 Å². The Bertz CT molecular complexity index is 920. The van der Waals surface area contributed by atoms with Gasteiger partial charge < -0.3 is 19.9 Å². The lowest BCUT2D eigenvalue weighted by Gasteiger charge is -2.37. The maximum Gasteiger partial charge on any atom is 0.318 e. The molecule has 2 aromatic rings. The summed E-state index contributed by atoms with van der Waals surface area (Å²) in [5.41, 5.74) is 2.35. The number of amides is 3. The Kier molecular flexibility index (Phi) is 6.51. The van der Waals surface area contributed by atoms with Gasteiger partial charge in [0.05, 0.1) is 6.04 Å². The van der Waals surface area contributed by atoms with Crippen molar-refractivity contribution in [2.24, 2.45) is 0 Å². The number of benzene rings is 1. The van der Waals surface area contributed by atoms with E-state index >= 15 is 0 Å². The first-order valence-electron chi connectivity index (χ1n) is 11.0. The number of rotatable bonds is 7. The summed E-state index contributed by atoms with van der Waals surface area (Å²) >= 11 is 1.74. The van der Waals surface area contributed by atoms with Gasteiger partial charge in [0.1, 0.15) is 18.9 Å². The van der Waals surface area contributed by atoms with Gasteiger partial charge in [-0.05, 0) is 69.2 Å². The first-order valence-corrected chi connectivity index (χ1v) is 11.9. The molecule has 6 nitrogen and oxygen atoms in total. The van der Waals surface area contributed by atoms with Crippen molar-refractivity contribution >= 4 is 23.3 Å². The highest BCUT2D eigenvalue weighted by atomic mass is 32.1. The molecule has 1 saturated carbocycles. The fourth-order valence-electron chi connectivity index (χ4n) is 4.00. The maximum absolute atomic E-state index is 13.4. The molecule has 0 bridgehead atoms. The lowest BCUT2D eigenvalue weighted by Crippen LogP contribution is -2.51. The second-order valence-corrected chi connectivity index (χ2v) is 9.74. The van der Waals surface area contributed by atoms with E-state index in [1.807, 2.05) is 49.9 Å². The number of carbonyl (C=O) groups excluding carboxylic acids is 2. The van der Waals surface area contributed by atoms with Crippen molar-refractivity contribution < 1.29 is 14.3 Å². The van der Waals surface area contributed by atoms with Crippen LogP contribution in [0, 0.1) is 6.92 Å². The smallest absolute Gasteiger partial charge is 0.318 e. The summed E-state index contributed by atoms with van der Waals surface area (Å²) in [5, 5.41) is 5.03. The molecule has 2 aliphatic rings. The molecule has 1 atom stereocenters. The van der Waals surface area contributed by atoms with E-state index in [2.05, 4.69) is 16.8 Å². The zero-order chi connectivity index (χ0) is 22.0. The average Bonchev–Trinajstić information content (AvgIpc) is 3.46. The number of thiophene rings is 1. The maximum atomic E-state index is 13.4. The van der Waals surface area contributed by atoms with Gasteiger partial charge >= 0.3 is 6.03 Å². The summed E-state index contributed by atoms with van der Waals surface area (Å²) in [7, 11) is 0. The molecular weight excluding hydrogens is 410 g/mol. The van der Waals surface area contributed by atoms with Crippen molar-refractivity contribution in [2.75, 3.05) is 19.7 Å². The minimum absolute atomic E-state index is 0.0137. The van der Waals surface area contributed by atoms with Crippen LogP contribution < -0.4 is 10.1 Å². The molecule has 3 amide bonds. The molecule has 1 aromatic heterocycles. The minimum Gasteiger partial charge on any atom is -0.491 e. The topological polar surface area (TPSA) is 61.9 Å². The predicted molar refractivity (Wildman–Crippen MR) is 123 cm³/mol. The van der Waals surface area contributed by atoms with Crippen molar-refractivity contribution in [1.82, 2.24) is 15.1 Å². The molecule has 1 aliphatic heterocycles. The molecule has 1 aliphatic carbocycles. The highest BCUT2D eigenvalue weighted by Gasteiger charge is 2.38. The van der Waals surface area contributed by atoms with E-state index in [1.54, 1.807) is 16.2 Å². The zero-order valence-corrected chi connectivity index (χ0v) is 19.3. The van der Waals surface area contributed by atoms with Crippen LogP contribution in [0.3, 0.4) is 0 Å². The standard InChI is InChI=1S/C24H31N3O3S/c1-16(2)25-24(29)27(18-6-7-18)14-23(28)26-12-10-22-20(11-13-31-22)21(26)15-30-19-8-4-17(3)5-9-19/h4-5,8-9,11,13,16,18,21H,6-7,10,12,14-15H2,1-3H3,(H,25,29). The molecule has 0 spiro atoms. The Labute approximate surface area is 188 Å². The molecule has 31 heavy (non-hydrogen) atoms. The lowest BCUT2D eigenvalue weighted by atomic mass is 10.0. The third kappa shape index (κ3) is 5.21. The van der Waals surface area contributed by atoms with Gasteiger partial charge in [-0.25, -0.2) is 4.79 Å². The van der Waals surface area contributed by atoms with Crippen LogP contribution in [0.5, 0.6) is 5.75 Å². The normalized spacial score (nSPS) is 17.9. The van der Waals surface area contributed by atoms with Gasteiger partial charge in [0.2, 0.25) is 5.91 Å². The molecule has 0 saturated heterocycles. The number of carbonyl (C=O) groups is 2. The first kappa shape index (κ1) is 21.7. The third-order valence-electron chi connectivity index (χ3n) is 5.81. The minimum atomic E-state index is -0.147. The van der Waals surface area contributed by atoms with Crippen LogP contribution in [0.4, 0.5) is 4.79 Å². The van der Waals surface area contributed by atoms with E-state index in [9.17, 15) is 9.59 Å². The number of urea groups is 1. The summed E-state index contributed by atoms with van der Waals surface area (Å²) in [6, 6.07) is 10.0. The largest absolute Gasteiger partial charge is 0.491 e. The van der Waals surface area contributed by atoms with E-state index in [0.717, 1.165) is 25.0 Å².